The van der Waals surface area contributed by atoms with Crippen molar-refractivity contribution in [3.05, 3.63) is 0 Å². The molecule has 0 bridgehead atoms. The van der Waals surface area contributed by atoms with Crippen LogP contribution in [0.15, 0.2) is 0 Å². The van der Waals surface area contributed by atoms with Gasteiger partial charge < -0.3 is 10.2 Å². The van der Waals surface area contributed by atoms with Crippen molar-refractivity contribution in [3.8, 4) is 0 Å². The van der Waals surface area contributed by atoms with E-state index in [9.17, 15) is 8.42 Å². The monoisotopic (exact) mass is 152 g/mol. The molecule has 0 saturated carbocycles. The van der Waals surface area contributed by atoms with E-state index in [4.69, 9.17) is 10.2 Å². The predicted octanol–water partition coefficient (Wildman–Crippen LogP) is -1.86. The Bertz CT molecular complexity index is 179. The molecule has 5 heteroatoms. The molecule has 0 spiro atoms. The van der Waals surface area contributed by atoms with Crippen molar-refractivity contribution in [3.63, 3.8) is 0 Å². The van der Waals surface area contributed by atoms with Crippen molar-refractivity contribution in [1.82, 2.24) is 0 Å². The van der Waals surface area contributed by atoms with Gasteiger partial charge in [-0.1, -0.05) is 0 Å². The third-order valence-corrected chi connectivity index (χ3v) is 2.99. The van der Waals surface area contributed by atoms with Gasteiger partial charge in [-0.3, -0.25) is 0 Å². The highest BCUT2D eigenvalue weighted by Gasteiger charge is 2.34. The summed E-state index contributed by atoms with van der Waals surface area (Å²) in [5, 5.41) is 17.4. The molecule has 1 aliphatic rings. The maximum atomic E-state index is 10.5. The smallest absolute Gasteiger partial charge is 0.155 e. The van der Waals surface area contributed by atoms with Gasteiger partial charge in [0.1, 0.15) is 0 Å². The fourth-order valence-electron chi connectivity index (χ4n) is 0.811. The van der Waals surface area contributed by atoms with Crippen LogP contribution in [-0.4, -0.2) is 42.3 Å². The molecule has 0 aromatic rings. The van der Waals surface area contributed by atoms with E-state index in [1.54, 1.807) is 0 Å². The number of hydrogen-bond donors (Lipinski definition) is 2. The molecule has 2 N–H and O–H groups in total. The van der Waals surface area contributed by atoms with Gasteiger partial charge in [-0.2, -0.15) is 0 Å². The lowest BCUT2D eigenvalue weighted by atomic mass is 10.3. The molecule has 9 heavy (non-hydrogen) atoms. The maximum Gasteiger partial charge on any atom is 0.155 e. The van der Waals surface area contributed by atoms with Gasteiger partial charge >= 0.3 is 0 Å². The van der Waals surface area contributed by atoms with Crippen LogP contribution in [0.5, 0.6) is 0 Å². The van der Waals surface area contributed by atoms with Gasteiger partial charge in [-0.25, -0.2) is 8.42 Å². The predicted molar refractivity (Wildman–Crippen MR) is 30.7 cm³/mol. The average molecular weight is 152 g/mol. The zero-order valence-electron chi connectivity index (χ0n) is 4.69. The van der Waals surface area contributed by atoms with Crippen molar-refractivity contribution in [1.29, 1.82) is 0 Å². The van der Waals surface area contributed by atoms with E-state index in [1.807, 2.05) is 0 Å². The first-order valence-electron chi connectivity index (χ1n) is 2.58. The first-order valence-corrected chi connectivity index (χ1v) is 4.40. The third-order valence-electron chi connectivity index (χ3n) is 1.29. The summed E-state index contributed by atoms with van der Waals surface area (Å²) in [6, 6.07) is 0. The summed E-state index contributed by atoms with van der Waals surface area (Å²) >= 11 is 0. The Hall–Kier alpha value is -0.130. The van der Waals surface area contributed by atoms with Gasteiger partial charge in [0, 0.05) is 0 Å². The Morgan fingerprint density at radius 1 is 1.11 bits per heavy atom. The molecule has 0 aliphatic carbocycles. The molecule has 0 amide bonds. The van der Waals surface area contributed by atoms with Crippen molar-refractivity contribution >= 4 is 9.84 Å². The molecule has 4 nitrogen and oxygen atoms in total. The van der Waals surface area contributed by atoms with Crippen LogP contribution in [0.2, 0.25) is 0 Å². The SMILES string of the molecule is O=S1(=O)C[C@@H](O)[C@H](O)C1. The van der Waals surface area contributed by atoms with Gasteiger partial charge in [0.05, 0.1) is 23.7 Å². The van der Waals surface area contributed by atoms with Crippen LogP contribution >= 0.6 is 0 Å². The van der Waals surface area contributed by atoms with E-state index in [1.165, 1.54) is 0 Å². The summed E-state index contributed by atoms with van der Waals surface area (Å²) in [6.45, 7) is 0. The minimum absolute atomic E-state index is 0.297. The van der Waals surface area contributed by atoms with Crippen molar-refractivity contribution in [2.24, 2.45) is 0 Å². The second-order valence-electron chi connectivity index (χ2n) is 2.21. The highest BCUT2D eigenvalue weighted by atomic mass is 32.2. The van der Waals surface area contributed by atoms with Crippen LogP contribution in [0.3, 0.4) is 0 Å². The Kier molecular flexibility index (Phi) is 1.50. The van der Waals surface area contributed by atoms with E-state index >= 15 is 0 Å². The first kappa shape index (κ1) is 6.98. The minimum Gasteiger partial charge on any atom is -0.389 e. The molecule has 2 atom stereocenters. The largest absolute Gasteiger partial charge is 0.389 e. The lowest BCUT2D eigenvalue weighted by Crippen LogP contribution is -2.22. The van der Waals surface area contributed by atoms with Crippen LogP contribution < -0.4 is 0 Å². The summed E-state index contributed by atoms with van der Waals surface area (Å²) in [5.74, 6) is -0.595. The first-order chi connectivity index (χ1) is 4.01. The summed E-state index contributed by atoms with van der Waals surface area (Å²) in [5.41, 5.74) is 0. The minimum atomic E-state index is -3.14. The number of aliphatic hydroxyl groups excluding tert-OH is 2. The van der Waals surface area contributed by atoms with E-state index in [0.717, 1.165) is 0 Å². The van der Waals surface area contributed by atoms with Crippen molar-refractivity contribution in [2.45, 2.75) is 12.2 Å². The van der Waals surface area contributed by atoms with Crippen LogP contribution in [-0.2, 0) is 9.84 Å². The molecule has 0 unspecified atom stereocenters. The molecule has 0 aromatic heterocycles. The second kappa shape index (κ2) is 1.93. The number of hydrogen-bond acceptors (Lipinski definition) is 4. The maximum absolute atomic E-state index is 10.5. The number of rotatable bonds is 0. The molecule has 1 saturated heterocycles. The highest BCUT2D eigenvalue weighted by Crippen LogP contribution is 2.11. The normalized spacial score (nSPS) is 41.1. The molecule has 1 aliphatic heterocycles. The van der Waals surface area contributed by atoms with Gasteiger partial charge in [-0.05, 0) is 0 Å². The lowest BCUT2D eigenvalue weighted by molar-refractivity contribution is 0.0572. The van der Waals surface area contributed by atoms with E-state index in [2.05, 4.69) is 0 Å². The fourth-order valence-corrected chi connectivity index (χ4v) is 2.43. The zero-order chi connectivity index (χ0) is 7.07. The van der Waals surface area contributed by atoms with Crippen molar-refractivity contribution < 1.29 is 18.6 Å². The van der Waals surface area contributed by atoms with Gasteiger partial charge in [-0.15, -0.1) is 0 Å². The zero-order valence-corrected chi connectivity index (χ0v) is 5.50. The summed E-state index contributed by atoms with van der Waals surface area (Å²) < 4.78 is 21.1. The second-order valence-corrected chi connectivity index (χ2v) is 4.37. The molecule has 1 fully saturated rings. The van der Waals surface area contributed by atoms with Crippen LogP contribution in [0.25, 0.3) is 0 Å². The highest BCUT2D eigenvalue weighted by molar-refractivity contribution is 7.91. The quantitative estimate of drug-likeness (QED) is 0.426. The number of sulfone groups is 1. The summed E-state index contributed by atoms with van der Waals surface area (Å²) in [6.07, 6.45) is -2.15. The molecule has 0 radical (unpaired) electrons. The van der Waals surface area contributed by atoms with Gasteiger partial charge in [0.2, 0.25) is 0 Å². The molecule has 1 heterocycles. The molecule has 1 rings (SSSR count). The van der Waals surface area contributed by atoms with Gasteiger partial charge in [0.25, 0.3) is 0 Å². The van der Waals surface area contributed by atoms with Crippen LogP contribution in [0.4, 0.5) is 0 Å². The summed E-state index contributed by atoms with van der Waals surface area (Å²) in [7, 11) is -3.14. The average Bonchev–Trinajstić information content (AvgIpc) is 1.79. The Balaban J connectivity index is 2.77. The molecule has 54 valence electrons. The van der Waals surface area contributed by atoms with E-state index in [0.29, 0.717) is 0 Å². The fraction of sp³-hybridized carbons (Fsp3) is 1.00. The van der Waals surface area contributed by atoms with Crippen molar-refractivity contribution in [2.75, 3.05) is 11.5 Å². The van der Waals surface area contributed by atoms with Gasteiger partial charge in [0.15, 0.2) is 9.84 Å². The van der Waals surface area contributed by atoms with E-state index in [-0.39, 0.29) is 11.5 Å². The van der Waals surface area contributed by atoms with Crippen LogP contribution in [0, 0.1) is 0 Å². The molecular weight excluding hydrogens is 144 g/mol. The Morgan fingerprint density at radius 3 is 1.56 bits per heavy atom. The Morgan fingerprint density at radius 2 is 1.44 bits per heavy atom. The third kappa shape index (κ3) is 1.41. The molecule has 0 aromatic carbocycles. The standard InChI is InChI=1S/C4H8O4S/c5-3-1-9(7,8)2-4(3)6/h3-6H,1-2H2/t3-,4-/m1/s1. The van der Waals surface area contributed by atoms with E-state index < -0.39 is 22.0 Å². The number of aliphatic hydroxyl groups is 2. The molecular formula is C4H8O4S. The lowest BCUT2D eigenvalue weighted by Gasteiger charge is -2.00. The summed E-state index contributed by atoms with van der Waals surface area (Å²) in [4.78, 5) is 0. The topological polar surface area (TPSA) is 74.6 Å². The Labute approximate surface area is 53.0 Å². The van der Waals surface area contributed by atoms with Crippen LogP contribution in [0.1, 0.15) is 0 Å².